The zero-order valence-electron chi connectivity index (χ0n) is 15.5. The highest BCUT2D eigenvalue weighted by molar-refractivity contribution is 5.58. The Bertz CT molecular complexity index is 1060. The van der Waals surface area contributed by atoms with Gasteiger partial charge in [0, 0.05) is 42.0 Å². The van der Waals surface area contributed by atoms with E-state index in [2.05, 4.69) is 14.9 Å². The largest absolute Gasteiger partial charge is 0.497 e. The first-order valence-electron chi connectivity index (χ1n) is 9.06. The Labute approximate surface area is 161 Å². The number of fused-ring (bicyclic) bond motifs is 1. The molecule has 0 bridgehead atoms. The Morgan fingerprint density at radius 2 is 2.04 bits per heavy atom. The van der Waals surface area contributed by atoms with E-state index in [1.807, 2.05) is 12.1 Å². The molecule has 0 atom stereocenters. The summed E-state index contributed by atoms with van der Waals surface area (Å²) in [4.78, 5) is 22.1. The highest BCUT2D eigenvalue weighted by Crippen LogP contribution is 2.23. The van der Waals surface area contributed by atoms with Crippen LogP contribution >= 0.6 is 0 Å². The number of nitrogens with two attached hydrogens (primary N) is 1. The van der Waals surface area contributed by atoms with Crippen LogP contribution in [0.1, 0.15) is 16.8 Å². The maximum absolute atomic E-state index is 14.2. The molecule has 28 heavy (non-hydrogen) atoms. The molecular weight excluding hydrogens is 359 g/mol. The zero-order valence-corrected chi connectivity index (χ0v) is 15.5. The summed E-state index contributed by atoms with van der Waals surface area (Å²) < 4.78 is 19.4. The summed E-state index contributed by atoms with van der Waals surface area (Å²) in [5.41, 5.74) is 9.04. The summed E-state index contributed by atoms with van der Waals surface area (Å²) in [6.07, 6.45) is 0.575. The minimum atomic E-state index is -0.270. The second-order valence-corrected chi connectivity index (χ2v) is 6.88. The van der Waals surface area contributed by atoms with Gasteiger partial charge in [0.05, 0.1) is 12.8 Å². The van der Waals surface area contributed by atoms with Gasteiger partial charge in [-0.05, 0) is 48.9 Å². The normalized spacial score (nSPS) is 13.9. The van der Waals surface area contributed by atoms with Crippen LogP contribution in [0, 0.1) is 5.82 Å². The van der Waals surface area contributed by atoms with Gasteiger partial charge in [-0.25, -0.2) is 9.37 Å². The molecule has 3 aromatic rings. The Balaban J connectivity index is 1.61. The predicted octanol–water partition coefficient (Wildman–Crippen LogP) is 2.73. The van der Waals surface area contributed by atoms with Crippen LogP contribution in [0.4, 0.5) is 10.1 Å². The number of aromatic nitrogens is 2. The zero-order chi connectivity index (χ0) is 19.7. The number of nitrogens with zero attached hydrogens (tertiary/aromatic N) is 2. The third kappa shape index (κ3) is 3.61. The molecule has 0 amide bonds. The van der Waals surface area contributed by atoms with Crippen molar-refractivity contribution in [3.63, 3.8) is 0 Å². The van der Waals surface area contributed by atoms with Gasteiger partial charge >= 0.3 is 0 Å². The van der Waals surface area contributed by atoms with E-state index in [0.29, 0.717) is 54.4 Å². The van der Waals surface area contributed by atoms with Crippen LogP contribution in [0.2, 0.25) is 0 Å². The van der Waals surface area contributed by atoms with E-state index in [4.69, 9.17) is 10.5 Å². The van der Waals surface area contributed by atoms with E-state index in [-0.39, 0.29) is 11.4 Å². The van der Waals surface area contributed by atoms with Gasteiger partial charge < -0.3 is 15.5 Å². The van der Waals surface area contributed by atoms with Crippen LogP contribution < -0.4 is 16.0 Å². The number of rotatable bonds is 4. The van der Waals surface area contributed by atoms with E-state index < -0.39 is 0 Å². The van der Waals surface area contributed by atoms with Crippen LogP contribution in [-0.4, -0.2) is 28.5 Å². The van der Waals surface area contributed by atoms with Gasteiger partial charge in [-0.3, -0.25) is 9.69 Å². The smallest absolute Gasteiger partial charge is 0.254 e. The lowest BCUT2D eigenvalue weighted by molar-refractivity contribution is 0.237. The number of aromatic amines is 1. The fourth-order valence-electron chi connectivity index (χ4n) is 3.45. The third-order valence-corrected chi connectivity index (χ3v) is 4.98. The first-order valence-corrected chi connectivity index (χ1v) is 9.06. The molecule has 0 fully saturated rings. The van der Waals surface area contributed by atoms with Crippen molar-refractivity contribution >= 4 is 5.69 Å². The molecule has 4 rings (SSSR count). The van der Waals surface area contributed by atoms with Crippen LogP contribution in [0.3, 0.4) is 0 Å². The molecule has 0 spiro atoms. The highest BCUT2D eigenvalue weighted by atomic mass is 19.1. The number of methoxy groups -OCH3 is 1. The van der Waals surface area contributed by atoms with Crippen molar-refractivity contribution in [1.29, 1.82) is 0 Å². The summed E-state index contributed by atoms with van der Waals surface area (Å²) in [7, 11) is 1.56. The molecule has 0 aliphatic carbocycles. The minimum Gasteiger partial charge on any atom is -0.497 e. The summed E-state index contributed by atoms with van der Waals surface area (Å²) in [5.74, 6) is 0.861. The van der Waals surface area contributed by atoms with Gasteiger partial charge in [0.25, 0.3) is 5.56 Å². The van der Waals surface area contributed by atoms with Gasteiger partial charge in [-0.1, -0.05) is 0 Å². The quantitative estimate of drug-likeness (QED) is 0.680. The third-order valence-electron chi connectivity index (χ3n) is 4.98. The molecule has 0 radical (unpaired) electrons. The molecule has 0 saturated carbocycles. The monoisotopic (exact) mass is 380 g/mol. The van der Waals surface area contributed by atoms with Gasteiger partial charge in [-0.15, -0.1) is 0 Å². The lowest BCUT2D eigenvalue weighted by Crippen LogP contribution is -2.35. The number of hydrogen-bond acceptors (Lipinski definition) is 5. The topological polar surface area (TPSA) is 84.2 Å². The number of nitrogen functional groups attached to an aromatic ring is 1. The summed E-state index contributed by atoms with van der Waals surface area (Å²) in [6, 6.07) is 11.9. The number of anilines is 1. The second-order valence-electron chi connectivity index (χ2n) is 6.88. The lowest BCUT2D eigenvalue weighted by Gasteiger charge is -2.28. The van der Waals surface area contributed by atoms with Crippen molar-refractivity contribution in [3.05, 3.63) is 75.5 Å². The first kappa shape index (κ1) is 18.2. The van der Waals surface area contributed by atoms with Gasteiger partial charge in [0.1, 0.15) is 17.4 Å². The molecular formula is C21H21FN4O2. The Hall–Kier alpha value is -3.19. The highest BCUT2D eigenvalue weighted by Gasteiger charge is 2.22. The van der Waals surface area contributed by atoms with E-state index in [9.17, 15) is 9.18 Å². The lowest BCUT2D eigenvalue weighted by atomic mass is 10.0. The van der Waals surface area contributed by atoms with E-state index >= 15 is 0 Å². The van der Waals surface area contributed by atoms with Crippen molar-refractivity contribution in [2.24, 2.45) is 0 Å². The van der Waals surface area contributed by atoms with Crippen molar-refractivity contribution in [2.45, 2.75) is 19.5 Å². The minimum absolute atomic E-state index is 0.121. The molecule has 2 heterocycles. The van der Waals surface area contributed by atoms with Crippen LogP contribution in [0.5, 0.6) is 5.75 Å². The summed E-state index contributed by atoms with van der Waals surface area (Å²) in [6.45, 7) is 1.57. The fourth-order valence-corrected chi connectivity index (χ4v) is 3.45. The number of benzene rings is 2. The average molecular weight is 380 g/mol. The van der Waals surface area contributed by atoms with Crippen LogP contribution in [0.15, 0.2) is 47.3 Å². The van der Waals surface area contributed by atoms with Crippen molar-refractivity contribution in [1.82, 2.24) is 14.9 Å². The standard InChI is InChI=1S/C21H21FN4O2/c1-28-16-6-7-18(22)14(10-16)11-26-9-8-17-19(12-26)24-20(25-21(17)27)13-2-4-15(23)5-3-13/h2-7,10H,8-9,11-12,23H2,1H3,(H,24,25,27). The van der Waals surface area contributed by atoms with Gasteiger partial charge in [-0.2, -0.15) is 0 Å². The van der Waals surface area contributed by atoms with Crippen molar-refractivity contribution in [3.8, 4) is 17.1 Å². The Morgan fingerprint density at radius 1 is 1.25 bits per heavy atom. The maximum atomic E-state index is 14.2. The first-order chi connectivity index (χ1) is 13.5. The molecule has 0 unspecified atom stereocenters. The number of nitrogens with one attached hydrogen (secondary N) is 1. The molecule has 2 aromatic carbocycles. The SMILES string of the molecule is COc1ccc(F)c(CN2CCc3c(nc(-c4ccc(N)cc4)[nH]c3=O)C2)c1. The second kappa shape index (κ2) is 7.44. The molecule has 7 heteroatoms. The number of hydrogen-bond donors (Lipinski definition) is 2. The number of halogens is 1. The van der Waals surface area contributed by atoms with E-state index in [1.54, 1.807) is 31.4 Å². The number of ether oxygens (including phenoxy) is 1. The molecule has 3 N–H and O–H groups in total. The van der Waals surface area contributed by atoms with Gasteiger partial charge in [0.15, 0.2) is 0 Å². The summed E-state index contributed by atoms with van der Waals surface area (Å²) in [5, 5.41) is 0. The van der Waals surface area contributed by atoms with Gasteiger partial charge in [0.2, 0.25) is 0 Å². The van der Waals surface area contributed by atoms with Crippen LogP contribution in [0.25, 0.3) is 11.4 Å². The Kier molecular flexibility index (Phi) is 4.83. The molecule has 0 saturated heterocycles. The Morgan fingerprint density at radius 3 is 2.79 bits per heavy atom. The van der Waals surface area contributed by atoms with Crippen molar-refractivity contribution < 1.29 is 9.13 Å². The molecule has 1 aliphatic rings. The molecule has 1 aromatic heterocycles. The molecule has 144 valence electrons. The molecule has 1 aliphatic heterocycles. The molecule has 6 nitrogen and oxygen atoms in total. The van der Waals surface area contributed by atoms with E-state index in [1.165, 1.54) is 6.07 Å². The summed E-state index contributed by atoms with van der Waals surface area (Å²) >= 11 is 0. The average Bonchev–Trinajstić information content (AvgIpc) is 2.70. The van der Waals surface area contributed by atoms with Crippen molar-refractivity contribution in [2.75, 3.05) is 19.4 Å². The predicted molar refractivity (Wildman–Crippen MR) is 105 cm³/mol. The maximum Gasteiger partial charge on any atom is 0.254 e. The van der Waals surface area contributed by atoms with Crippen LogP contribution in [-0.2, 0) is 19.5 Å². The van der Waals surface area contributed by atoms with E-state index in [0.717, 1.165) is 11.3 Å². The fraction of sp³-hybridized carbons (Fsp3) is 0.238. The number of H-pyrrole nitrogens is 1.